The van der Waals surface area contributed by atoms with E-state index in [1.165, 1.54) is 24.3 Å². The number of rotatable bonds is 5. The lowest BCUT2D eigenvalue weighted by atomic mass is 9.95. The largest absolute Gasteiger partial charge is 0.339 e. The molecule has 2 amide bonds. The van der Waals surface area contributed by atoms with Gasteiger partial charge in [-0.1, -0.05) is 6.07 Å². The fourth-order valence-electron chi connectivity index (χ4n) is 2.98. The highest BCUT2D eigenvalue weighted by atomic mass is 32.2. The lowest BCUT2D eigenvalue weighted by Crippen LogP contribution is -2.40. The smallest absolute Gasteiger partial charge is 0.246 e. The second-order valence-electron chi connectivity index (χ2n) is 6.51. The van der Waals surface area contributed by atoms with Gasteiger partial charge in [0.25, 0.3) is 0 Å². The van der Waals surface area contributed by atoms with Crippen molar-refractivity contribution in [1.82, 2.24) is 4.90 Å². The Balaban J connectivity index is 1.50. The summed E-state index contributed by atoms with van der Waals surface area (Å²) in [6, 6.07) is 9.59. The van der Waals surface area contributed by atoms with Crippen LogP contribution in [0.25, 0.3) is 6.08 Å². The molecule has 1 aromatic carbocycles. The zero-order chi connectivity index (χ0) is 20.1. The van der Waals surface area contributed by atoms with Gasteiger partial charge in [0.2, 0.25) is 21.8 Å². The number of nitrogens with two attached hydrogens (primary N) is 1. The molecule has 1 aliphatic rings. The molecule has 2 aromatic rings. The minimum absolute atomic E-state index is 0.00655. The third-order valence-electron chi connectivity index (χ3n) is 4.56. The molecule has 0 saturated carbocycles. The number of nitrogens with zero attached hydrogens (tertiary/aromatic N) is 1. The highest BCUT2D eigenvalue weighted by Gasteiger charge is 2.26. The van der Waals surface area contributed by atoms with Crippen molar-refractivity contribution >= 4 is 44.9 Å². The first kappa shape index (κ1) is 20.2. The van der Waals surface area contributed by atoms with Gasteiger partial charge >= 0.3 is 0 Å². The van der Waals surface area contributed by atoms with Crippen LogP contribution in [0, 0.1) is 5.92 Å². The molecule has 1 fully saturated rings. The number of sulfonamides is 1. The minimum Gasteiger partial charge on any atom is -0.339 e. The molecule has 1 aliphatic heterocycles. The van der Waals surface area contributed by atoms with Gasteiger partial charge in [-0.3, -0.25) is 9.59 Å². The van der Waals surface area contributed by atoms with E-state index in [-0.39, 0.29) is 22.6 Å². The Morgan fingerprint density at radius 1 is 1.14 bits per heavy atom. The van der Waals surface area contributed by atoms with Crippen molar-refractivity contribution in [2.75, 3.05) is 18.4 Å². The van der Waals surface area contributed by atoms with Crippen molar-refractivity contribution in [2.24, 2.45) is 11.1 Å². The summed E-state index contributed by atoms with van der Waals surface area (Å²) in [6.07, 6.45) is 4.54. The topological polar surface area (TPSA) is 110 Å². The number of piperidine rings is 1. The van der Waals surface area contributed by atoms with E-state index in [0.29, 0.717) is 31.6 Å². The fraction of sp³-hybridized carbons (Fsp3) is 0.263. The molecule has 0 atom stereocenters. The Labute approximate surface area is 167 Å². The molecular formula is C19H21N3O4S2. The molecule has 148 valence electrons. The molecule has 0 bridgehead atoms. The van der Waals surface area contributed by atoms with Crippen molar-refractivity contribution < 1.29 is 18.0 Å². The second-order valence-corrected chi connectivity index (χ2v) is 9.05. The average Bonchev–Trinajstić information content (AvgIpc) is 3.19. The monoisotopic (exact) mass is 419 g/mol. The van der Waals surface area contributed by atoms with E-state index in [0.717, 1.165) is 4.88 Å². The van der Waals surface area contributed by atoms with Crippen molar-refractivity contribution in [1.29, 1.82) is 0 Å². The summed E-state index contributed by atoms with van der Waals surface area (Å²) < 4.78 is 22.5. The Morgan fingerprint density at radius 2 is 1.82 bits per heavy atom. The van der Waals surface area contributed by atoms with Crippen LogP contribution >= 0.6 is 11.3 Å². The van der Waals surface area contributed by atoms with Gasteiger partial charge in [0.1, 0.15) is 0 Å². The molecule has 0 spiro atoms. The average molecular weight is 420 g/mol. The number of hydrogen-bond donors (Lipinski definition) is 2. The van der Waals surface area contributed by atoms with Gasteiger partial charge in [-0.2, -0.15) is 0 Å². The molecule has 3 rings (SSSR count). The third-order valence-corrected chi connectivity index (χ3v) is 6.33. The molecule has 0 unspecified atom stereocenters. The van der Waals surface area contributed by atoms with Gasteiger partial charge in [-0.15, -0.1) is 11.3 Å². The number of thiophene rings is 1. The summed E-state index contributed by atoms with van der Waals surface area (Å²) in [7, 11) is -3.76. The minimum atomic E-state index is -3.76. The van der Waals surface area contributed by atoms with Crippen molar-refractivity contribution in [2.45, 2.75) is 17.7 Å². The van der Waals surface area contributed by atoms with Gasteiger partial charge in [-0.05, 0) is 54.6 Å². The van der Waals surface area contributed by atoms with Crippen LogP contribution in [0.3, 0.4) is 0 Å². The highest BCUT2D eigenvalue weighted by Crippen LogP contribution is 2.21. The number of carbonyl (C=O) groups excluding carboxylic acids is 2. The number of nitrogens with one attached hydrogen (secondary N) is 1. The highest BCUT2D eigenvalue weighted by molar-refractivity contribution is 7.89. The predicted molar refractivity (Wildman–Crippen MR) is 109 cm³/mol. The Morgan fingerprint density at radius 3 is 2.39 bits per heavy atom. The Bertz CT molecular complexity index is 959. The molecule has 0 radical (unpaired) electrons. The van der Waals surface area contributed by atoms with Crippen LogP contribution in [0.1, 0.15) is 17.7 Å². The Hall–Kier alpha value is -2.49. The molecule has 1 aromatic heterocycles. The number of primary sulfonamides is 1. The van der Waals surface area contributed by atoms with E-state index < -0.39 is 10.0 Å². The lowest BCUT2D eigenvalue weighted by molar-refractivity contribution is -0.130. The first-order valence-electron chi connectivity index (χ1n) is 8.77. The first-order valence-corrected chi connectivity index (χ1v) is 11.2. The quantitative estimate of drug-likeness (QED) is 0.725. The number of benzene rings is 1. The van der Waals surface area contributed by atoms with Crippen LogP contribution in [0.15, 0.2) is 52.7 Å². The fourth-order valence-corrected chi connectivity index (χ4v) is 4.11. The SMILES string of the molecule is NS(=O)(=O)c1ccc(NC(=O)C2CCN(C(=O)C=Cc3cccs3)CC2)cc1. The summed E-state index contributed by atoms with van der Waals surface area (Å²) in [5.74, 6) is -0.376. The molecule has 9 heteroatoms. The standard InChI is InChI=1S/C19H21N3O4S2/c20-28(25,26)17-6-3-15(4-7-17)21-19(24)14-9-11-22(12-10-14)18(23)8-5-16-2-1-13-27-16/h1-8,13-14H,9-12H2,(H,21,24)(H2,20,25,26). The van der Waals surface area contributed by atoms with E-state index in [2.05, 4.69) is 5.32 Å². The zero-order valence-electron chi connectivity index (χ0n) is 15.1. The van der Waals surface area contributed by atoms with Crippen molar-refractivity contribution in [3.63, 3.8) is 0 Å². The Kier molecular flexibility index (Phi) is 6.28. The normalized spacial score (nSPS) is 15.7. The van der Waals surface area contributed by atoms with Crippen LogP contribution < -0.4 is 10.5 Å². The molecule has 3 N–H and O–H groups in total. The van der Waals surface area contributed by atoms with Gasteiger partial charge < -0.3 is 10.2 Å². The molecule has 1 saturated heterocycles. The summed E-state index contributed by atoms with van der Waals surface area (Å²) in [5, 5.41) is 9.80. The number of anilines is 1. The van der Waals surface area contributed by atoms with Crippen LogP contribution in [-0.4, -0.2) is 38.2 Å². The molecule has 2 heterocycles. The van der Waals surface area contributed by atoms with Crippen LogP contribution in [-0.2, 0) is 19.6 Å². The maximum atomic E-state index is 12.4. The molecule has 0 aliphatic carbocycles. The van der Waals surface area contributed by atoms with E-state index >= 15 is 0 Å². The predicted octanol–water partition coefficient (Wildman–Crippen LogP) is 2.29. The number of amides is 2. The number of hydrogen-bond acceptors (Lipinski definition) is 5. The van der Waals surface area contributed by atoms with Crippen molar-refractivity contribution in [3.8, 4) is 0 Å². The summed E-state index contributed by atoms with van der Waals surface area (Å²) >= 11 is 1.57. The van der Waals surface area contributed by atoms with Gasteiger partial charge in [0, 0.05) is 35.6 Å². The molecule has 7 nitrogen and oxygen atoms in total. The zero-order valence-corrected chi connectivity index (χ0v) is 16.7. The first-order chi connectivity index (χ1) is 13.3. The van der Waals surface area contributed by atoms with E-state index in [1.54, 1.807) is 28.4 Å². The summed E-state index contributed by atoms with van der Waals surface area (Å²) in [4.78, 5) is 27.5. The third kappa shape index (κ3) is 5.28. The second kappa shape index (κ2) is 8.68. The number of likely N-dealkylation sites (tertiary alicyclic amines) is 1. The van der Waals surface area contributed by atoms with Gasteiger partial charge in [0.15, 0.2) is 0 Å². The van der Waals surface area contributed by atoms with E-state index in [9.17, 15) is 18.0 Å². The molecule has 28 heavy (non-hydrogen) atoms. The van der Waals surface area contributed by atoms with Crippen LogP contribution in [0.2, 0.25) is 0 Å². The van der Waals surface area contributed by atoms with Gasteiger partial charge in [0.05, 0.1) is 4.90 Å². The maximum Gasteiger partial charge on any atom is 0.246 e. The van der Waals surface area contributed by atoms with E-state index in [4.69, 9.17) is 5.14 Å². The van der Waals surface area contributed by atoms with Crippen LogP contribution in [0.4, 0.5) is 5.69 Å². The number of carbonyl (C=O) groups is 2. The van der Waals surface area contributed by atoms with Crippen molar-refractivity contribution in [3.05, 3.63) is 52.7 Å². The lowest BCUT2D eigenvalue weighted by Gasteiger charge is -2.30. The van der Waals surface area contributed by atoms with Gasteiger partial charge in [-0.25, -0.2) is 13.6 Å². The maximum absolute atomic E-state index is 12.4. The molecular weight excluding hydrogens is 398 g/mol. The van der Waals surface area contributed by atoms with E-state index in [1.807, 2.05) is 17.5 Å². The summed E-state index contributed by atoms with van der Waals surface area (Å²) in [5.41, 5.74) is 0.509. The summed E-state index contributed by atoms with van der Waals surface area (Å²) in [6.45, 7) is 1.05. The van der Waals surface area contributed by atoms with Crippen LogP contribution in [0.5, 0.6) is 0 Å².